The zero-order chi connectivity index (χ0) is 13.7. The number of rotatable bonds is 4. The fraction of sp³-hybridized carbons (Fsp3) is 0.333. The molecule has 0 fully saturated rings. The minimum Gasteiger partial charge on any atom is -0.325 e. The molecule has 0 unspecified atom stereocenters. The predicted molar refractivity (Wildman–Crippen MR) is 74.3 cm³/mol. The van der Waals surface area contributed by atoms with Crippen LogP contribution >= 0.6 is 23.2 Å². The van der Waals surface area contributed by atoms with Crippen LogP contribution in [0.15, 0.2) is 12.1 Å². The van der Waals surface area contributed by atoms with Crippen molar-refractivity contribution >= 4 is 46.4 Å². The minimum atomic E-state index is -0.154. The smallest absolute Gasteiger partial charge is 0.224 e. The van der Waals surface area contributed by atoms with E-state index in [1.807, 2.05) is 0 Å². The number of anilines is 2. The van der Waals surface area contributed by atoms with Gasteiger partial charge in [-0.3, -0.25) is 9.59 Å². The van der Waals surface area contributed by atoms with Crippen LogP contribution in [0, 0.1) is 0 Å². The van der Waals surface area contributed by atoms with E-state index >= 15 is 0 Å². The molecule has 0 saturated carbocycles. The van der Waals surface area contributed by atoms with Crippen molar-refractivity contribution in [2.45, 2.75) is 26.7 Å². The number of hydrogen-bond donors (Lipinski definition) is 2. The third kappa shape index (κ3) is 3.89. The summed E-state index contributed by atoms with van der Waals surface area (Å²) in [5.74, 6) is -0.309. The Labute approximate surface area is 116 Å². The van der Waals surface area contributed by atoms with E-state index < -0.39 is 0 Å². The van der Waals surface area contributed by atoms with E-state index in [-0.39, 0.29) is 11.8 Å². The van der Waals surface area contributed by atoms with Crippen LogP contribution in [0.1, 0.15) is 26.7 Å². The van der Waals surface area contributed by atoms with Gasteiger partial charge < -0.3 is 10.6 Å². The van der Waals surface area contributed by atoms with Gasteiger partial charge in [-0.25, -0.2) is 0 Å². The van der Waals surface area contributed by atoms with E-state index in [1.165, 1.54) is 12.1 Å². The zero-order valence-corrected chi connectivity index (χ0v) is 11.7. The van der Waals surface area contributed by atoms with E-state index in [2.05, 4.69) is 10.6 Å². The third-order valence-electron chi connectivity index (χ3n) is 2.25. The molecular weight excluding hydrogens is 275 g/mol. The van der Waals surface area contributed by atoms with Gasteiger partial charge in [-0.1, -0.05) is 37.0 Å². The molecule has 1 aromatic carbocycles. The summed E-state index contributed by atoms with van der Waals surface area (Å²) in [6, 6.07) is 3.03. The standard InChI is InChI=1S/C12H14Cl2N2O2/c1-3-11(17)15-9-5-8(14)10(6-7(9)13)16-12(18)4-2/h5-6H,3-4H2,1-2H3,(H,15,17)(H,16,18). The van der Waals surface area contributed by atoms with E-state index in [4.69, 9.17) is 23.2 Å². The van der Waals surface area contributed by atoms with E-state index in [0.29, 0.717) is 34.3 Å². The van der Waals surface area contributed by atoms with Crippen molar-refractivity contribution in [3.05, 3.63) is 22.2 Å². The van der Waals surface area contributed by atoms with Crippen LogP contribution in [-0.4, -0.2) is 11.8 Å². The summed E-state index contributed by atoms with van der Waals surface area (Å²) in [4.78, 5) is 22.5. The number of halogens is 2. The van der Waals surface area contributed by atoms with E-state index in [0.717, 1.165) is 0 Å². The van der Waals surface area contributed by atoms with E-state index in [1.54, 1.807) is 13.8 Å². The maximum atomic E-state index is 11.3. The quantitative estimate of drug-likeness (QED) is 0.888. The van der Waals surface area contributed by atoms with Gasteiger partial charge in [-0.15, -0.1) is 0 Å². The van der Waals surface area contributed by atoms with Crippen LogP contribution in [-0.2, 0) is 9.59 Å². The van der Waals surface area contributed by atoms with Crippen molar-refractivity contribution in [1.82, 2.24) is 0 Å². The van der Waals surface area contributed by atoms with Gasteiger partial charge in [0.05, 0.1) is 21.4 Å². The molecule has 0 spiro atoms. The van der Waals surface area contributed by atoms with E-state index in [9.17, 15) is 9.59 Å². The van der Waals surface area contributed by atoms with Crippen molar-refractivity contribution in [3.63, 3.8) is 0 Å². The summed E-state index contributed by atoms with van der Waals surface area (Å²) in [6.07, 6.45) is 0.699. The van der Waals surface area contributed by atoms with Crippen LogP contribution in [0.25, 0.3) is 0 Å². The van der Waals surface area contributed by atoms with Crippen molar-refractivity contribution in [3.8, 4) is 0 Å². The molecule has 0 radical (unpaired) electrons. The molecule has 0 saturated heterocycles. The molecule has 0 aliphatic carbocycles. The molecule has 6 heteroatoms. The van der Waals surface area contributed by atoms with Gasteiger partial charge in [0, 0.05) is 12.8 Å². The van der Waals surface area contributed by atoms with Gasteiger partial charge >= 0.3 is 0 Å². The average molecular weight is 289 g/mol. The second kappa shape index (κ2) is 6.61. The van der Waals surface area contributed by atoms with Crippen LogP contribution < -0.4 is 10.6 Å². The molecular formula is C12H14Cl2N2O2. The summed E-state index contributed by atoms with van der Waals surface area (Å²) in [7, 11) is 0. The first-order valence-electron chi connectivity index (χ1n) is 5.56. The first kappa shape index (κ1) is 14.8. The summed E-state index contributed by atoms with van der Waals surface area (Å²) in [6.45, 7) is 3.47. The highest BCUT2D eigenvalue weighted by molar-refractivity contribution is 6.38. The second-order valence-corrected chi connectivity index (χ2v) is 4.43. The number of carbonyl (C=O) groups excluding carboxylic acids is 2. The van der Waals surface area contributed by atoms with Crippen molar-refractivity contribution in [1.29, 1.82) is 0 Å². The lowest BCUT2D eigenvalue weighted by molar-refractivity contribution is -0.116. The van der Waals surface area contributed by atoms with Crippen molar-refractivity contribution < 1.29 is 9.59 Å². The molecule has 0 bridgehead atoms. The molecule has 0 aliphatic heterocycles. The Kier molecular flexibility index (Phi) is 5.44. The lowest BCUT2D eigenvalue weighted by Crippen LogP contribution is -2.12. The highest BCUT2D eigenvalue weighted by atomic mass is 35.5. The van der Waals surface area contributed by atoms with Crippen molar-refractivity contribution in [2.75, 3.05) is 10.6 Å². The van der Waals surface area contributed by atoms with Crippen molar-refractivity contribution in [2.24, 2.45) is 0 Å². The Morgan fingerprint density at radius 3 is 1.56 bits per heavy atom. The lowest BCUT2D eigenvalue weighted by Gasteiger charge is -2.11. The van der Waals surface area contributed by atoms with Gasteiger partial charge in [0.1, 0.15) is 0 Å². The monoisotopic (exact) mass is 288 g/mol. The Hall–Kier alpha value is -1.26. The first-order chi connectivity index (χ1) is 8.47. The van der Waals surface area contributed by atoms with Gasteiger partial charge in [-0.05, 0) is 12.1 Å². The number of nitrogens with one attached hydrogen (secondary N) is 2. The van der Waals surface area contributed by atoms with Gasteiger partial charge in [0.2, 0.25) is 11.8 Å². The fourth-order valence-electron chi connectivity index (χ4n) is 1.22. The maximum Gasteiger partial charge on any atom is 0.224 e. The summed E-state index contributed by atoms with van der Waals surface area (Å²) in [5.41, 5.74) is 0.867. The molecule has 18 heavy (non-hydrogen) atoms. The van der Waals surface area contributed by atoms with Crippen LogP contribution in [0.4, 0.5) is 11.4 Å². The lowest BCUT2D eigenvalue weighted by atomic mass is 10.2. The molecule has 0 aliphatic rings. The predicted octanol–water partition coefficient (Wildman–Crippen LogP) is 3.69. The highest BCUT2D eigenvalue weighted by Crippen LogP contribution is 2.32. The molecule has 0 atom stereocenters. The molecule has 2 N–H and O–H groups in total. The SMILES string of the molecule is CCC(=O)Nc1cc(Cl)c(NC(=O)CC)cc1Cl. The summed E-state index contributed by atoms with van der Waals surface area (Å²) < 4.78 is 0. The number of benzene rings is 1. The van der Waals surface area contributed by atoms with Crippen LogP contribution in [0.5, 0.6) is 0 Å². The Morgan fingerprint density at radius 2 is 1.28 bits per heavy atom. The Balaban J connectivity index is 2.96. The molecule has 1 aromatic rings. The summed E-state index contributed by atoms with van der Waals surface area (Å²) >= 11 is 12.0. The number of hydrogen-bond acceptors (Lipinski definition) is 2. The zero-order valence-electron chi connectivity index (χ0n) is 10.1. The maximum absolute atomic E-state index is 11.3. The molecule has 2 amide bonds. The van der Waals surface area contributed by atoms with Crippen LogP contribution in [0.3, 0.4) is 0 Å². The second-order valence-electron chi connectivity index (χ2n) is 3.62. The molecule has 0 aromatic heterocycles. The molecule has 4 nitrogen and oxygen atoms in total. The average Bonchev–Trinajstić information content (AvgIpc) is 2.34. The minimum absolute atomic E-state index is 0.154. The van der Waals surface area contributed by atoms with Gasteiger partial charge in [0.15, 0.2) is 0 Å². The van der Waals surface area contributed by atoms with Gasteiger partial charge in [0.25, 0.3) is 0 Å². The Bertz CT molecular complexity index is 432. The fourth-order valence-corrected chi connectivity index (χ4v) is 1.64. The molecule has 1 rings (SSSR count). The number of amides is 2. The highest BCUT2D eigenvalue weighted by Gasteiger charge is 2.10. The number of carbonyl (C=O) groups is 2. The topological polar surface area (TPSA) is 58.2 Å². The van der Waals surface area contributed by atoms with Gasteiger partial charge in [-0.2, -0.15) is 0 Å². The largest absolute Gasteiger partial charge is 0.325 e. The van der Waals surface area contributed by atoms with Crippen LogP contribution in [0.2, 0.25) is 10.0 Å². The Morgan fingerprint density at radius 1 is 0.944 bits per heavy atom. The molecule has 0 heterocycles. The molecule has 98 valence electrons. The summed E-state index contributed by atoms with van der Waals surface area (Å²) in [5, 5.41) is 5.91. The normalized spacial score (nSPS) is 10.0. The first-order valence-corrected chi connectivity index (χ1v) is 6.32. The third-order valence-corrected chi connectivity index (χ3v) is 2.87.